The summed E-state index contributed by atoms with van der Waals surface area (Å²) < 4.78 is 8.00. The van der Waals surface area contributed by atoms with Crippen molar-refractivity contribution in [3.8, 4) is 0 Å². The largest absolute Gasteiger partial charge is 0.450 e. The summed E-state index contributed by atoms with van der Waals surface area (Å²) in [6, 6.07) is 19.0. The van der Waals surface area contributed by atoms with Gasteiger partial charge in [0, 0.05) is 40.8 Å². The second-order valence-electron chi connectivity index (χ2n) is 7.57. The number of furan rings is 1. The second-order valence-corrected chi connectivity index (χ2v) is 8.01. The van der Waals surface area contributed by atoms with Crippen molar-refractivity contribution in [3.63, 3.8) is 0 Å². The van der Waals surface area contributed by atoms with Crippen molar-refractivity contribution in [2.75, 3.05) is 0 Å². The Labute approximate surface area is 184 Å². The van der Waals surface area contributed by atoms with E-state index < -0.39 is 6.04 Å². The minimum Gasteiger partial charge on any atom is -0.450 e. The topological polar surface area (TPSA) is 60.1 Å². The van der Waals surface area contributed by atoms with Crippen LogP contribution in [-0.2, 0) is 7.05 Å². The molecular weight excluding hydrogens is 410 g/mol. The molecular formula is C25H20ClN3O2. The highest BCUT2D eigenvalue weighted by Gasteiger charge is 2.25. The molecule has 1 amide bonds. The number of imidazole rings is 1. The van der Waals surface area contributed by atoms with Crippen molar-refractivity contribution >= 4 is 39.2 Å². The lowest BCUT2D eigenvalue weighted by Crippen LogP contribution is -2.31. The van der Waals surface area contributed by atoms with E-state index >= 15 is 0 Å². The number of carbonyl (C=O) groups excluding carboxylic acids is 1. The molecule has 1 atom stereocenters. The number of hydrogen-bond acceptors (Lipinski definition) is 3. The van der Waals surface area contributed by atoms with Crippen LogP contribution in [0, 0.1) is 6.92 Å². The summed E-state index contributed by atoms with van der Waals surface area (Å²) in [6.07, 6.45) is 3.56. The number of aromatic nitrogens is 2. The lowest BCUT2D eigenvalue weighted by molar-refractivity contribution is 0.0914. The molecule has 6 heteroatoms. The van der Waals surface area contributed by atoms with E-state index in [4.69, 9.17) is 16.0 Å². The molecule has 31 heavy (non-hydrogen) atoms. The summed E-state index contributed by atoms with van der Waals surface area (Å²) in [4.78, 5) is 17.8. The predicted octanol–water partition coefficient (Wildman–Crippen LogP) is 5.80. The Morgan fingerprint density at radius 2 is 1.84 bits per heavy atom. The summed E-state index contributed by atoms with van der Waals surface area (Å²) in [5.41, 5.74) is 2.42. The fourth-order valence-corrected chi connectivity index (χ4v) is 4.10. The number of benzene rings is 3. The van der Waals surface area contributed by atoms with Gasteiger partial charge in [0.05, 0.1) is 0 Å². The maximum Gasteiger partial charge on any atom is 0.288 e. The van der Waals surface area contributed by atoms with Crippen molar-refractivity contribution in [2.45, 2.75) is 13.0 Å². The molecule has 2 aromatic heterocycles. The fraction of sp³-hybridized carbons (Fsp3) is 0.120. The van der Waals surface area contributed by atoms with Crippen LogP contribution in [0.4, 0.5) is 0 Å². The van der Waals surface area contributed by atoms with Crippen LogP contribution >= 0.6 is 11.6 Å². The number of rotatable bonds is 4. The van der Waals surface area contributed by atoms with Crippen molar-refractivity contribution in [1.29, 1.82) is 0 Å². The molecule has 0 saturated heterocycles. The van der Waals surface area contributed by atoms with Crippen LogP contribution in [0.5, 0.6) is 0 Å². The zero-order chi connectivity index (χ0) is 21.5. The molecule has 0 aliphatic heterocycles. The average molecular weight is 430 g/mol. The van der Waals surface area contributed by atoms with Gasteiger partial charge in [0.1, 0.15) is 17.4 Å². The molecule has 0 radical (unpaired) electrons. The molecule has 0 aliphatic rings. The van der Waals surface area contributed by atoms with E-state index in [1.54, 1.807) is 18.3 Å². The smallest absolute Gasteiger partial charge is 0.288 e. The first kappa shape index (κ1) is 19.4. The monoisotopic (exact) mass is 429 g/mol. The van der Waals surface area contributed by atoms with Gasteiger partial charge in [0.25, 0.3) is 5.91 Å². The maximum atomic E-state index is 13.4. The normalized spacial score (nSPS) is 12.4. The van der Waals surface area contributed by atoms with Crippen molar-refractivity contribution < 1.29 is 9.21 Å². The van der Waals surface area contributed by atoms with E-state index in [1.165, 1.54) is 0 Å². The molecule has 0 fully saturated rings. The van der Waals surface area contributed by atoms with Gasteiger partial charge >= 0.3 is 0 Å². The summed E-state index contributed by atoms with van der Waals surface area (Å²) in [5.74, 6) is 0.732. The van der Waals surface area contributed by atoms with Gasteiger partial charge in [0.2, 0.25) is 0 Å². The minimum atomic E-state index is -0.450. The zero-order valence-corrected chi connectivity index (χ0v) is 17.9. The molecule has 5 nitrogen and oxygen atoms in total. The highest BCUT2D eigenvalue weighted by Crippen LogP contribution is 2.32. The third-order valence-corrected chi connectivity index (χ3v) is 5.88. The Bertz CT molecular complexity index is 1420. The number of amides is 1. The molecule has 1 N–H and O–H groups in total. The third-order valence-electron chi connectivity index (χ3n) is 5.63. The van der Waals surface area contributed by atoms with Crippen LogP contribution in [0.25, 0.3) is 21.7 Å². The second kappa shape index (κ2) is 7.60. The highest BCUT2D eigenvalue weighted by molar-refractivity contribution is 6.30. The molecule has 5 aromatic rings. The summed E-state index contributed by atoms with van der Waals surface area (Å²) in [7, 11) is 1.90. The fourth-order valence-electron chi connectivity index (χ4n) is 3.97. The van der Waals surface area contributed by atoms with Gasteiger partial charge in [-0.05, 0) is 30.0 Å². The summed E-state index contributed by atoms with van der Waals surface area (Å²) in [6.45, 7) is 1.91. The van der Waals surface area contributed by atoms with E-state index in [0.29, 0.717) is 10.8 Å². The molecule has 0 spiro atoms. The molecule has 1 unspecified atom stereocenters. The first-order chi connectivity index (χ1) is 15.0. The zero-order valence-electron chi connectivity index (χ0n) is 17.1. The van der Waals surface area contributed by atoms with Gasteiger partial charge in [-0.2, -0.15) is 0 Å². The third kappa shape index (κ3) is 3.37. The molecule has 5 rings (SSSR count). The molecule has 0 aliphatic carbocycles. The van der Waals surface area contributed by atoms with Crippen molar-refractivity contribution in [3.05, 3.63) is 101 Å². The molecule has 2 heterocycles. The van der Waals surface area contributed by atoms with Crippen LogP contribution in [-0.4, -0.2) is 15.5 Å². The van der Waals surface area contributed by atoms with Gasteiger partial charge in [-0.3, -0.25) is 4.79 Å². The van der Waals surface area contributed by atoms with Gasteiger partial charge < -0.3 is 14.3 Å². The highest BCUT2D eigenvalue weighted by atomic mass is 35.5. The average Bonchev–Trinajstić information content (AvgIpc) is 3.36. The Morgan fingerprint density at radius 3 is 2.58 bits per heavy atom. The van der Waals surface area contributed by atoms with Crippen LogP contribution in [0.1, 0.15) is 33.5 Å². The lowest BCUT2D eigenvalue weighted by atomic mass is 10.0. The quantitative estimate of drug-likeness (QED) is 0.392. The molecule has 0 bridgehead atoms. The van der Waals surface area contributed by atoms with Crippen molar-refractivity contribution in [2.24, 2.45) is 7.05 Å². The lowest BCUT2D eigenvalue weighted by Gasteiger charge is -2.19. The first-order valence-electron chi connectivity index (χ1n) is 9.97. The van der Waals surface area contributed by atoms with Gasteiger partial charge in [-0.15, -0.1) is 0 Å². The number of fused-ring (bicyclic) bond motifs is 3. The Balaban J connectivity index is 1.57. The molecule has 154 valence electrons. The Kier molecular flexibility index (Phi) is 4.75. The van der Waals surface area contributed by atoms with E-state index in [2.05, 4.69) is 10.3 Å². The predicted molar refractivity (Wildman–Crippen MR) is 122 cm³/mol. The van der Waals surface area contributed by atoms with Crippen molar-refractivity contribution in [1.82, 2.24) is 14.9 Å². The Morgan fingerprint density at radius 1 is 1.06 bits per heavy atom. The minimum absolute atomic E-state index is 0.291. The SMILES string of the molecule is Cc1c(C(=O)NC(c2ccc(Cl)cc2)c2nccn2C)oc2c1ccc1ccccc12. The number of aryl methyl sites for hydroxylation is 2. The Hall–Kier alpha value is -3.57. The number of nitrogens with one attached hydrogen (secondary N) is 1. The van der Waals surface area contributed by atoms with Crippen LogP contribution < -0.4 is 5.32 Å². The summed E-state index contributed by atoms with van der Waals surface area (Å²) in [5, 5.41) is 6.73. The number of hydrogen-bond donors (Lipinski definition) is 1. The van der Waals surface area contributed by atoms with Crippen LogP contribution in [0.2, 0.25) is 5.02 Å². The van der Waals surface area contributed by atoms with Gasteiger partial charge in [0.15, 0.2) is 5.76 Å². The van der Waals surface area contributed by atoms with E-state index in [-0.39, 0.29) is 5.91 Å². The van der Waals surface area contributed by atoms with E-state index in [9.17, 15) is 4.79 Å². The summed E-state index contributed by atoms with van der Waals surface area (Å²) >= 11 is 6.06. The maximum absolute atomic E-state index is 13.4. The van der Waals surface area contributed by atoms with E-state index in [0.717, 1.165) is 38.7 Å². The van der Waals surface area contributed by atoms with Gasteiger partial charge in [-0.25, -0.2) is 4.98 Å². The van der Waals surface area contributed by atoms with Crippen LogP contribution in [0.3, 0.4) is 0 Å². The number of carbonyl (C=O) groups is 1. The molecule has 3 aromatic carbocycles. The van der Waals surface area contributed by atoms with E-state index in [1.807, 2.05) is 73.3 Å². The standard InChI is InChI=1S/C25H20ClN3O2/c1-15-19-12-9-16-5-3-4-6-20(16)23(19)31-22(15)25(30)28-21(24-27-13-14-29(24)2)17-7-10-18(26)11-8-17/h3-14,21H,1-2H3,(H,28,30). The van der Waals surface area contributed by atoms with Crippen LogP contribution in [0.15, 0.2) is 77.5 Å². The first-order valence-corrected chi connectivity index (χ1v) is 10.3. The molecule has 0 saturated carbocycles. The number of halogens is 1. The number of nitrogens with zero attached hydrogens (tertiary/aromatic N) is 2. The van der Waals surface area contributed by atoms with Gasteiger partial charge in [-0.1, -0.05) is 60.1 Å².